The minimum Gasteiger partial charge on any atom is -0.497 e. The summed E-state index contributed by atoms with van der Waals surface area (Å²) in [5, 5.41) is 9.00. The fourth-order valence-corrected chi connectivity index (χ4v) is 2.63. The quantitative estimate of drug-likeness (QED) is 0.586. The van der Waals surface area contributed by atoms with Crippen molar-refractivity contribution in [1.29, 1.82) is 0 Å². The molecule has 2 heterocycles. The Bertz CT molecular complexity index is 956. The standard InChI is InChI=1S/C20H22N4O5/c1-13(2)17-18(28-10-14-4-6-15(27-3)7-5-14)22-20(24-9-8-21-12-24)23-19(17)29-11-16(25)26/h4-9,12-13H,10-11H2,1-3H3,(H,25,26). The van der Waals surface area contributed by atoms with Gasteiger partial charge in [-0.05, 0) is 23.6 Å². The van der Waals surface area contributed by atoms with Crippen molar-refractivity contribution in [3.05, 3.63) is 54.1 Å². The summed E-state index contributed by atoms with van der Waals surface area (Å²) in [7, 11) is 1.61. The summed E-state index contributed by atoms with van der Waals surface area (Å²) < 4.78 is 18.2. The predicted octanol–water partition coefficient (Wildman–Crippen LogP) is 2.84. The topological polar surface area (TPSA) is 109 Å². The van der Waals surface area contributed by atoms with E-state index in [9.17, 15) is 4.79 Å². The Kier molecular flexibility index (Phi) is 6.28. The molecule has 0 spiro atoms. The van der Waals surface area contributed by atoms with Crippen molar-refractivity contribution in [2.45, 2.75) is 26.4 Å². The van der Waals surface area contributed by atoms with E-state index in [0.29, 0.717) is 11.4 Å². The number of aromatic nitrogens is 4. The highest BCUT2D eigenvalue weighted by atomic mass is 16.5. The van der Waals surface area contributed by atoms with Crippen LogP contribution in [0.2, 0.25) is 0 Å². The fraction of sp³-hybridized carbons (Fsp3) is 0.300. The molecule has 0 saturated carbocycles. The smallest absolute Gasteiger partial charge is 0.341 e. The van der Waals surface area contributed by atoms with E-state index in [1.165, 1.54) is 0 Å². The molecule has 0 fully saturated rings. The number of aliphatic carboxylic acids is 1. The zero-order valence-electron chi connectivity index (χ0n) is 16.4. The molecule has 0 aliphatic heterocycles. The van der Waals surface area contributed by atoms with E-state index in [4.69, 9.17) is 19.3 Å². The van der Waals surface area contributed by atoms with Crippen LogP contribution in [0.15, 0.2) is 43.0 Å². The number of imidazole rings is 1. The Labute approximate surface area is 167 Å². The Hall–Kier alpha value is -3.62. The summed E-state index contributed by atoms with van der Waals surface area (Å²) in [6.45, 7) is 3.62. The monoisotopic (exact) mass is 398 g/mol. The first-order valence-corrected chi connectivity index (χ1v) is 8.98. The number of nitrogens with zero attached hydrogens (tertiary/aromatic N) is 4. The molecule has 0 unspecified atom stereocenters. The lowest BCUT2D eigenvalue weighted by atomic mass is 10.1. The second-order valence-corrected chi connectivity index (χ2v) is 6.49. The van der Waals surface area contributed by atoms with Crippen molar-refractivity contribution in [2.24, 2.45) is 0 Å². The maximum Gasteiger partial charge on any atom is 0.341 e. The zero-order valence-corrected chi connectivity index (χ0v) is 16.4. The van der Waals surface area contributed by atoms with Gasteiger partial charge in [0.2, 0.25) is 17.7 Å². The number of hydrogen-bond donors (Lipinski definition) is 1. The SMILES string of the molecule is COc1ccc(COc2nc(-n3ccnc3)nc(OCC(=O)O)c2C(C)C)cc1. The first kappa shape index (κ1) is 20.1. The zero-order chi connectivity index (χ0) is 20.8. The molecule has 0 bridgehead atoms. The molecule has 2 aromatic heterocycles. The first-order valence-electron chi connectivity index (χ1n) is 8.98. The average molecular weight is 398 g/mol. The summed E-state index contributed by atoms with van der Waals surface area (Å²) in [6, 6.07) is 7.49. The number of benzene rings is 1. The molecule has 3 aromatic rings. The normalized spacial score (nSPS) is 10.8. The second-order valence-electron chi connectivity index (χ2n) is 6.49. The van der Waals surface area contributed by atoms with Crippen LogP contribution in [0.5, 0.6) is 17.5 Å². The van der Waals surface area contributed by atoms with Gasteiger partial charge < -0.3 is 19.3 Å². The van der Waals surface area contributed by atoms with Gasteiger partial charge in [-0.2, -0.15) is 9.97 Å². The molecule has 1 N–H and O–H groups in total. The number of ether oxygens (including phenoxy) is 3. The van der Waals surface area contributed by atoms with E-state index in [1.807, 2.05) is 38.1 Å². The maximum absolute atomic E-state index is 11.0. The molecule has 0 aliphatic carbocycles. The van der Waals surface area contributed by atoms with Gasteiger partial charge in [0.05, 0.1) is 12.7 Å². The van der Waals surface area contributed by atoms with Crippen LogP contribution in [0.3, 0.4) is 0 Å². The van der Waals surface area contributed by atoms with E-state index in [-0.39, 0.29) is 24.4 Å². The van der Waals surface area contributed by atoms with E-state index in [2.05, 4.69) is 15.0 Å². The lowest BCUT2D eigenvalue weighted by molar-refractivity contribution is -0.139. The van der Waals surface area contributed by atoms with Crippen LogP contribution >= 0.6 is 0 Å². The van der Waals surface area contributed by atoms with Crippen molar-refractivity contribution in [3.63, 3.8) is 0 Å². The number of carbonyl (C=O) groups is 1. The third-order valence-corrected chi connectivity index (χ3v) is 4.04. The number of hydrogen-bond acceptors (Lipinski definition) is 7. The third kappa shape index (κ3) is 5.01. The minimum atomic E-state index is -1.09. The summed E-state index contributed by atoms with van der Waals surface area (Å²) in [5.74, 6) is 0.382. The van der Waals surface area contributed by atoms with Crippen LogP contribution in [0, 0.1) is 0 Å². The fourth-order valence-electron chi connectivity index (χ4n) is 2.63. The molecule has 0 atom stereocenters. The van der Waals surface area contributed by atoms with E-state index < -0.39 is 12.6 Å². The van der Waals surface area contributed by atoms with Gasteiger partial charge >= 0.3 is 5.97 Å². The number of carboxylic acids is 1. The third-order valence-electron chi connectivity index (χ3n) is 4.04. The Morgan fingerprint density at radius 3 is 2.38 bits per heavy atom. The number of rotatable bonds is 9. The van der Waals surface area contributed by atoms with Crippen molar-refractivity contribution >= 4 is 5.97 Å². The van der Waals surface area contributed by atoms with Crippen LogP contribution in [0.4, 0.5) is 0 Å². The lowest BCUT2D eigenvalue weighted by Crippen LogP contribution is -2.15. The molecule has 9 heteroatoms. The summed E-state index contributed by atoms with van der Waals surface area (Å²) in [5.41, 5.74) is 1.53. The van der Waals surface area contributed by atoms with E-state index in [0.717, 1.165) is 11.3 Å². The molecule has 0 amide bonds. The van der Waals surface area contributed by atoms with Gasteiger partial charge in [-0.25, -0.2) is 9.78 Å². The number of methoxy groups -OCH3 is 1. The highest BCUT2D eigenvalue weighted by Gasteiger charge is 2.21. The Morgan fingerprint density at radius 1 is 1.14 bits per heavy atom. The number of carboxylic acid groups (broad SMARTS) is 1. The van der Waals surface area contributed by atoms with Crippen molar-refractivity contribution in [1.82, 2.24) is 19.5 Å². The van der Waals surface area contributed by atoms with Crippen molar-refractivity contribution < 1.29 is 24.1 Å². The van der Waals surface area contributed by atoms with Gasteiger partial charge in [0.15, 0.2) is 6.61 Å². The molecule has 29 heavy (non-hydrogen) atoms. The second kappa shape index (κ2) is 9.05. The van der Waals surface area contributed by atoms with Gasteiger partial charge in [-0.1, -0.05) is 26.0 Å². The molecule has 3 rings (SSSR count). The summed E-state index contributed by atoms with van der Waals surface area (Å²) in [6.07, 6.45) is 4.81. The van der Waals surface area contributed by atoms with Gasteiger partial charge in [-0.15, -0.1) is 0 Å². The van der Waals surface area contributed by atoms with Crippen LogP contribution in [-0.2, 0) is 11.4 Å². The van der Waals surface area contributed by atoms with Crippen LogP contribution in [-0.4, -0.2) is 44.3 Å². The molecule has 1 aromatic carbocycles. The minimum absolute atomic E-state index is 0.0542. The highest BCUT2D eigenvalue weighted by Crippen LogP contribution is 2.33. The van der Waals surface area contributed by atoms with Crippen LogP contribution < -0.4 is 14.2 Å². The Balaban J connectivity index is 1.96. The van der Waals surface area contributed by atoms with Gasteiger partial charge in [0, 0.05) is 12.4 Å². The molecule has 0 saturated heterocycles. The lowest BCUT2D eigenvalue weighted by Gasteiger charge is -2.18. The van der Waals surface area contributed by atoms with E-state index >= 15 is 0 Å². The van der Waals surface area contributed by atoms with Crippen molar-refractivity contribution in [3.8, 4) is 23.5 Å². The largest absolute Gasteiger partial charge is 0.497 e. The summed E-state index contributed by atoms with van der Waals surface area (Å²) in [4.78, 5) is 23.9. The van der Waals surface area contributed by atoms with Crippen molar-refractivity contribution in [2.75, 3.05) is 13.7 Å². The molecule has 152 valence electrons. The molecular weight excluding hydrogens is 376 g/mol. The predicted molar refractivity (Wildman–Crippen MR) is 104 cm³/mol. The molecule has 9 nitrogen and oxygen atoms in total. The highest BCUT2D eigenvalue weighted by molar-refractivity contribution is 5.68. The van der Waals surface area contributed by atoms with Gasteiger partial charge in [0.1, 0.15) is 18.7 Å². The molecular formula is C20H22N4O5. The summed E-state index contributed by atoms with van der Waals surface area (Å²) >= 11 is 0. The molecule has 0 aliphatic rings. The maximum atomic E-state index is 11.0. The van der Waals surface area contributed by atoms with Gasteiger partial charge in [-0.3, -0.25) is 4.57 Å². The first-order chi connectivity index (χ1) is 14.0. The van der Waals surface area contributed by atoms with Gasteiger partial charge in [0.25, 0.3) is 0 Å². The Morgan fingerprint density at radius 2 is 1.83 bits per heavy atom. The molecule has 0 radical (unpaired) electrons. The van der Waals surface area contributed by atoms with Crippen LogP contribution in [0.25, 0.3) is 5.95 Å². The average Bonchev–Trinajstić information content (AvgIpc) is 3.25. The van der Waals surface area contributed by atoms with Crippen LogP contribution in [0.1, 0.15) is 30.9 Å². The van der Waals surface area contributed by atoms with E-state index in [1.54, 1.807) is 30.4 Å².